The lowest BCUT2D eigenvalue weighted by Crippen LogP contribution is -2.12. The summed E-state index contributed by atoms with van der Waals surface area (Å²) in [7, 11) is 0. The Morgan fingerprint density at radius 3 is 2.62 bits per heavy atom. The van der Waals surface area contributed by atoms with E-state index in [0.29, 0.717) is 23.9 Å². The molecular weight excluding hydrogens is 284 g/mol. The average molecular weight is 304 g/mol. The van der Waals surface area contributed by atoms with E-state index in [4.69, 9.17) is 0 Å². The minimum Gasteiger partial charge on any atom is -0.301 e. The Balaban J connectivity index is 1.85. The molecule has 0 unspecified atom stereocenters. The Hall–Kier alpha value is -1.82. The minimum absolute atomic E-state index is 0.0286. The van der Waals surface area contributed by atoms with Crippen molar-refractivity contribution in [2.45, 2.75) is 45.4 Å². The molecule has 21 heavy (non-hydrogen) atoms. The van der Waals surface area contributed by atoms with Gasteiger partial charge in [-0.1, -0.05) is 25.2 Å². The van der Waals surface area contributed by atoms with Gasteiger partial charge in [0.15, 0.2) is 0 Å². The Bertz CT molecular complexity index is 566. The second-order valence-electron chi connectivity index (χ2n) is 4.86. The molecule has 0 aliphatic heterocycles. The third-order valence-corrected chi connectivity index (χ3v) is 4.41. The maximum Gasteiger partial charge on any atom is 0.226 e. The maximum absolute atomic E-state index is 11.9. The molecule has 0 saturated heterocycles. The summed E-state index contributed by atoms with van der Waals surface area (Å²) in [5.41, 5.74) is 1.11. The molecule has 2 aromatic heterocycles. The van der Waals surface area contributed by atoms with E-state index in [2.05, 4.69) is 34.3 Å². The number of nitrogens with zero attached hydrogens (tertiary/aromatic N) is 3. The van der Waals surface area contributed by atoms with Crippen LogP contribution < -0.4 is 5.32 Å². The number of pyridine rings is 1. The average Bonchev–Trinajstić information content (AvgIpc) is 2.96. The van der Waals surface area contributed by atoms with Crippen LogP contribution >= 0.6 is 11.3 Å². The largest absolute Gasteiger partial charge is 0.301 e. The molecule has 0 spiro atoms. The van der Waals surface area contributed by atoms with Crippen LogP contribution in [0.4, 0.5) is 5.13 Å². The molecule has 0 bridgehead atoms. The van der Waals surface area contributed by atoms with Crippen molar-refractivity contribution in [2.24, 2.45) is 0 Å². The van der Waals surface area contributed by atoms with Gasteiger partial charge in [0.2, 0.25) is 11.0 Å². The molecule has 0 aromatic carbocycles. The Kier molecular flexibility index (Phi) is 5.80. The predicted molar refractivity (Wildman–Crippen MR) is 84.4 cm³/mol. The highest BCUT2D eigenvalue weighted by molar-refractivity contribution is 7.15. The molecule has 5 nitrogen and oxygen atoms in total. The molecule has 0 fully saturated rings. The van der Waals surface area contributed by atoms with Crippen LogP contribution in [-0.2, 0) is 11.2 Å². The van der Waals surface area contributed by atoms with E-state index >= 15 is 0 Å². The number of carbonyl (C=O) groups excluding carboxylic acids is 1. The van der Waals surface area contributed by atoms with Crippen molar-refractivity contribution < 1.29 is 4.79 Å². The summed E-state index contributed by atoms with van der Waals surface area (Å²) < 4.78 is 0. The van der Waals surface area contributed by atoms with E-state index in [-0.39, 0.29) is 5.91 Å². The fourth-order valence-electron chi connectivity index (χ4n) is 2.08. The first kappa shape index (κ1) is 15.6. The molecule has 2 heterocycles. The lowest BCUT2D eigenvalue weighted by Gasteiger charge is -2.05. The molecule has 6 heteroatoms. The summed E-state index contributed by atoms with van der Waals surface area (Å²) in [5.74, 6) is 0.407. The van der Waals surface area contributed by atoms with Crippen LogP contribution in [0.1, 0.15) is 49.6 Å². The number of hydrogen-bond donors (Lipinski definition) is 1. The fraction of sp³-hybridized carbons (Fsp3) is 0.467. The zero-order valence-electron chi connectivity index (χ0n) is 12.4. The minimum atomic E-state index is -0.0286. The number of anilines is 1. The van der Waals surface area contributed by atoms with Crippen LogP contribution in [0.2, 0.25) is 0 Å². The summed E-state index contributed by atoms with van der Waals surface area (Å²) in [6.45, 7) is 4.28. The summed E-state index contributed by atoms with van der Waals surface area (Å²) in [6.07, 6.45) is 6.69. The van der Waals surface area contributed by atoms with Gasteiger partial charge in [-0.3, -0.25) is 9.78 Å². The number of carbonyl (C=O) groups is 1. The lowest BCUT2D eigenvalue weighted by atomic mass is 10.1. The molecule has 0 aliphatic carbocycles. The summed E-state index contributed by atoms with van der Waals surface area (Å²) in [5, 5.41) is 12.7. The summed E-state index contributed by atoms with van der Waals surface area (Å²) in [4.78, 5) is 15.9. The topological polar surface area (TPSA) is 67.8 Å². The van der Waals surface area contributed by atoms with Gasteiger partial charge in [-0.15, -0.1) is 10.2 Å². The zero-order valence-corrected chi connectivity index (χ0v) is 13.2. The molecule has 2 rings (SSSR count). The molecule has 0 aliphatic rings. The highest BCUT2D eigenvalue weighted by Gasteiger charge is 2.14. The second-order valence-corrected chi connectivity index (χ2v) is 5.87. The van der Waals surface area contributed by atoms with Gasteiger partial charge >= 0.3 is 0 Å². The van der Waals surface area contributed by atoms with Gasteiger partial charge in [0.05, 0.1) is 0 Å². The number of rotatable bonds is 7. The van der Waals surface area contributed by atoms with E-state index < -0.39 is 0 Å². The van der Waals surface area contributed by atoms with Gasteiger partial charge in [0.25, 0.3) is 0 Å². The highest BCUT2D eigenvalue weighted by Crippen LogP contribution is 2.28. The quantitative estimate of drug-likeness (QED) is 0.851. The molecular formula is C15H20N4OS. The molecule has 1 amide bonds. The molecule has 1 N–H and O–H groups in total. The van der Waals surface area contributed by atoms with Gasteiger partial charge in [-0.2, -0.15) is 0 Å². The van der Waals surface area contributed by atoms with E-state index in [1.54, 1.807) is 12.4 Å². The van der Waals surface area contributed by atoms with Gasteiger partial charge in [-0.25, -0.2) is 0 Å². The van der Waals surface area contributed by atoms with Crippen LogP contribution in [0.5, 0.6) is 0 Å². The van der Waals surface area contributed by atoms with Gasteiger partial charge in [-0.05, 0) is 37.0 Å². The van der Waals surface area contributed by atoms with Crippen molar-refractivity contribution >= 4 is 22.4 Å². The van der Waals surface area contributed by atoms with Crippen molar-refractivity contribution in [3.8, 4) is 0 Å². The number of nitrogens with one attached hydrogen (secondary N) is 1. The van der Waals surface area contributed by atoms with Crippen LogP contribution in [0.25, 0.3) is 0 Å². The number of aryl methyl sites for hydroxylation is 1. The van der Waals surface area contributed by atoms with Crippen molar-refractivity contribution in [1.82, 2.24) is 15.2 Å². The molecule has 2 aromatic rings. The smallest absolute Gasteiger partial charge is 0.226 e. The maximum atomic E-state index is 11.9. The Morgan fingerprint density at radius 2 is 1.95 bits per heavy atom. The highest BCUT2D eigenvalue weighted by atomic mass is 32.1. The number of amides is 1. The van der Waals surface area contributed by atoms with E-state index in [1.807, 2.05) is 12.1 Å². The summed E-state index contributed by atoms with van der Waals surface area (Å²) in [6, 6.07) is 3.84. The molecule has 0 radical (unpaired) electrons. The number of hydrogen-bond acceptors (Lipinski definition) is 5. The standard InChI is InChI=1S/C15H20N4OS/c1-3-12(4-2)14-18-19-15(21-14)17-13(20)6-5-11-7-9-16-10-8-11/h7-10,12H,3-6H2,1-2H3,(H,17,19,20). The lowest BCUT2D eigenvalue weighted by molar-refractivity contribution is -0.116. The Morgan fingerprint density at radius 1 is 1.24 bits per heavy atom. The molecule has 112 valence electrons. The zero-order chi connectivity index (χ0) is 15.1. The normalized spacial score (nSPS) is 10.8. The number of aromatic nitrogens is 3. The van der Waals surface area contributed by atoms with Crippen molar-refractivity contribution in [2.75, 3.05) is 5.32 Å². The van der Waals surface area contributed by atoms with Gasteiger partial charge < -0.3 is 5.32 Å². The fourth-order valence-corrected chi connectivity index (χ4v) is 3.10. The SMILES string of the molecule is CCC(CC)c1nnc(NC(=O)CCc2ccncc2)s1. The van der Waals surface area contributed by atoms with Crippen LogP contribution in [-0.4, -0.2) is 21.1 Å². The Labute approximate surface area is 128 Å². The third-order valence-electron chi connectivity index (χ3n) is 3.41. The predicted octanol–water partition coefficient (Wildman–Crippen LogP) is 3.41. The van der Waals surface area contributed by atoms with Crippen LogP contribution in [0.3, 0.4) is 0 Å². The second kappa shape index (κ2) is 7.83. The third kappa shape index (κ3) is 4.60. The first-order valence-electron chi connectivity index (χ1n) is 7.25. The summed E-state index contributed by atoms with van der Waals surface area (Å²) >= 11 is 1.48. The van der Waals surface area contributed by atoms with Crippen LogP contribution in [0.15, 0.2) is 24.5 Å². The van der Waals surface area contributed by atoms with Crippen molar-refractivity contribution in [3.63, 3.8) is 0 Å². The van der Waals surface area contributed by atoms with E-state index in [1.165, 1.54) is 11.3 Å². The molecule has 0 saturated carbocycles. The van der Waals surface area contributed by atoms with Gasteiger partial charge in [0.1, 0.15) is 5.01 Å². The first-order valence-corrected chi connectivity index (χ1v) is 8.06. The monoisotopic (exact) mass is 304 g/mol. The van der Waals surface area contributed by atoms with E-state index in [9.17, 15) is 4.79 Å². The first-order chi connectivity index (χ1) is 10.2. The van der Waals surface area contributed by atoms with Crippen LogP contribution in [0, 0.1) is 0 Å². The van der Waals surface area contributed by atoms with E-state index in [0.717, 1.165) is 23.4 Å². The molecule has 0 atom stereocenters. The van der Waals surface area contributed by atoms with Crippen molar-refractivity contribution in [3.05, 3.63) is 35.1 Å². The van der Waals surface area contributed by atoms with Crippen molar-refractivity contribution in [1.29, 1.82) is 0 Å². The van der Waals surface area contributed by atoms with Gasteiger partial charge in [0, 0.05) is 24.7 Å².